The third-order valence-electron chi connectivity index (χ3n) is 4.40. The topological polar surface area (TPSA) is 101 Å². The molecule has 0 atom stereocenters. The van der Waals surface area contributed by atoms with Gasteiger partial charge in [-0.2, -0.15) is 0 Å². The van der Waals surface area contributed by atoms with Gasteiger partial charge in [0.05, 0.1) is 17.9 Å². The van der Waals surface area contributed by atoms with Gasteiger partial charge in [0, 0.05) is 23.7 Å². The molecule has 0 saturated carbocycles. The average Bonchev–Trinajstić information content (AvgIpc) is 3.18. The molecule has 3 heterocycles. The summed E-state index contributed by atoms with van der Waals surface area (Å²) < 4.78 is 5.46. The van der Waals surface area contributed by atoms with Gasteiger partial charge in [-0.05, 0) is 25.0 Å². The number of nitrogens with zero attached hydrogens (tertiary/aromatic N) is 3. The summed E-state index contributed by atoms with van der Waals surface area (Å²) in [5.41, 5.74) is 2.62. The van der Waals surface area contributed by atoms with Crippen LogP contribution in [0.1, 0.15) is 16.8 Å². The molecule has 0 spiro atoms. The number of hydrogen-bond acceptors (Lipinski definition) is 8. The zero-order valence-corrected chi connectivity index (χ0v) is 16.0. The monoisotopic (exact) mass is 394 g/mol. The van der Waals surface area contributed by atoms with Crippen molar-refractivity contribution in [2.45, 2.75) is 20.0 Å². The van der Waals surface area contributed by atoms with Gasteiger partial charge in [-0.3, -0.25) is 4.98 Å². The van der Waals surface area contributed by atoms with Crippen LogP contribution in [0.15, 0.2) is 51.8 Å². The highest BCUT2D eigenvalue weighted by Crippen LogP contribution is 2.28. The van der Waals surface area contributed by atoms with E-state index in [0.29, 0.717) is 44.5 Å². The SMILES string of the molecule is Cc1ncc(CO)c2cc(-c3nnc(NCCc4ccccc4)s3)c(=O)oc12. The van der Waals surface area contributed by atoms with Gasteiger partial charge in [0.2, 0.25) is 5.13 Å². The Bertz CT molecular complexity index is 1170. The second kappa shape index (κ2) is 7.87. The molecule has 4 rings (SSSR count). The predicted octanol–water partition coefficient (Wildman–Crippen LogP) is 3.16. The molecule has 0 fully saturated rings. The van der Waals surface area contributed by atoms with Crippen molar-refractivity contribution in [1.29, 1.82) is 0 Å². The fraction of sp³-hybridized carbons (Fsp3) is 0.200. The van der Waals surface area contributed by atoms with E-state index in [9.17, 15) is 9.90 Å². The van der Waals surface area contributed by atoms with Crippen molar-refractivity contribution < 1.29 is 9.52 Å². The largest absolute Gasteiger partial charge is 0.420 e. The molecule has 0 bridgehead atoms. The maximum absolute atomic E-state index is 12.5. The third kappa shape index (κ3) is 3.64. The molecule has 0 aliphatic carbocycles. The molecule has 0 aliphatic rings. The Kier molecular flexibility index (Phi) is 5.14. The molecule has 3 aromatic heterocycles. The van der Waals surface area contributed by atoms with E-state index in [-0.39, 0.29) is 6.61 Å². The first-order valence-corrected chi connectivity index (χ1v) is 9.62. The Morgan fingerprint density at radius 2 is 2.04 bits per heavy atom. The number of aromatic nitrogens is 3. The first-order chi connectivity index (χ1) is 13.7. The lowest BCUT2D eigenvalue weighted by Gasteiger charge is -2.05. The average molecular weight is 394 g/mol. The smallest absolute Gasteiger partial charge is 0.346 e. The minimum absolute atomic E-state index is 0.195. The summed E-state index contributed by atoms with van der Waals surface area (Å²) in [6, 6.07) is 11.8. The summed E-state index contributed by atoms with van der Waals surface area (Å²) in [5.74, 6) is 0. The van der Waals surface area contributed by atoms with Gasteiger partial charge in [0.15, 0.2) is 10.6 Å². The number of benzene rings is 1. The standard InChI is InChI=1S/C20H18N4O3S/c1-12-17-15(14(11-25)10-22-12)9-16(19(26)27-17)18-23-24-20(28-18)21-8-7-13-5-3-2-4-6-13/h2-6,9-10,25H,7-8,11H2,1H3,(H,21,24). The van der Waals surface area contributed by atoms with Gasteiger partial charge in [-0.25, -0.2) is 4.79 Å². The molecule has 0 unspecified atom stereocenters. The number of aliphatic hydroxyl groups excluding tert-OH is 1. The van der Waals surface area contributed by atoms with Gasteiger partial charge < -0.3 is 14.8 Å². The number of aliphatic hydroxyl groups is 1. The lowest BCUT2D eigenvalue weighted by atomic mass is 10.1. The van der Waals surface area contributed by atoms with Crippen molar-refractivity contribution in [2.24, 2.45) is 0 Å². The van der Waals surface area contributed by atoms with Crippen LogP contribution in [0.2, 0.25) is 0 Å². The van der Waals surface area contributed by atoms with Crippen LogP contribution in [0.25, 0.3) is 21.5 Å². The zero-order chi connectivity index (χ0) is 19.5. The Morgan fingerprint density at radius 1 is 1.21 bits per heavy atom. The number of rotatable bonds is 6. The van der Waals surface area contributed by atoms with E-state index < -0.39 is 5.63 Å². The first-order valence-electron chi connectivity index (χ1n) is 8.80. The minimum Gasteiger partial charge on any atom is -0.420 e. The maximum atomic E-state index is 12.5. The molecule has 7 nitrogen and oxygen atoms in total. The molecular weight excluding hydrogens is 376 g/mol. The summed E-state index contributed by atoms with van der Waals surface area (Å²) in [5, 5.41) is 22.8. The van der Waals surface area contributed by atoms with Crippen molar-refractivity contribution in [3.63, 3.8) is 0 Å². The summed E-state index contributed by atoms with van der Waals surface area (Å²) in [7, 11) is 0. The Balaban J connectivity index is 1.58. The molecule has 0 saturated heterocycles. The fourth-order valence-corrected chi connectivity index (χ4v) is 3.69. The van der Waals surface area contributed by atoms with Crippen LogP contribution in [0, 0.1) is 6.92 Å². The normalized spacial score (nSPS) is 11.1. The summed E-state index contributed by atoms with van der Waals surface area (Å²) in [6.07, 6.45) is 2.44. The van der Waals surface area contributed by atoms with Crippen LogP contribution < -0.4 is 10.9 Å². The molecule has 4 aromatic rings. The van der Waals surface area contributed by atoms with Crippen molar-refractivity contribution >= 4 is 27.4 Å². The quantitative estimate of drug-likeness (QED) is 0.518. The first kappa shape index (κ1) is 18.3. The van der Waals surface area contributed by atoms with Crippen LogP contribution in [0.4, 0.5) is 5.13 Å². The molecular formula is C20H18N4O3S. The van der Waals surface area contributed by atoms with Crippen molar-refractivity contribution in [3.05, 3.63) is 69.8 Å². The van der Waals surface area contributed by atoms with E-state index in [1.54, 1.807) is 19.2 Å². The van der Waals surface area contributed by atoms with E-state index in [2.05, 4.69) is 32.6 Å². The van der Waals surface area contributed by atoms with Crippen molar-refractivity contribution in [1.82, 2.24) is 15.2 Å². The van der Waals surface area contributed by atoms with E-state index in [1.807, 2.05) is 18.2 Å². The van der Waals surface area contributed by atoms with Crippen molar-refractivity contribution in [2.75, 3.05) is 11.9 Å². The van der Waals surface area contributed by atoms with Gasteiger partial charge in [-0.15, -0.1) is 10.2 Å². The summed E-state index contributed by atoms with van der Waals surface area (Å²) >= 11 is 1.29. The number of hydrogen-bond donors (Lipinski definition) is 2. The van der Waals surface area contributed by atoms with E-state index >= 15 is 0 Å². The summed E-state index contributed by atoms with van der Waals surface area (Å²) in [4.78, 5) is 16.6. The van der Waals surface area contributed by atoms with Crippen LogP contribution >= 0.6 is 11.3 Å². The predicted molar refractivity (Wildman–Crippen MR) is 108 cm³/mol. The molecule has 0 amide bonds. The number of pyridine rings is 1. The maximum Gasteiger partial charge on any atom is 0.346 e. The molecule has 142 valence electrons. The zero-order valence-electron chi connectivity index (χ0n) is 15.2. The number of fused-ring (bicyclic) bond motifs is 1. The third-order valence-corrected chi connectivity index (χ3v) is 5.31. The lowest BCUT2D eigenvalue weighted by molar-refractivity contribution is 0.282. The molecule has 0 radical (unpaired) electrons. The van der Waals surface area contributed by atoms with Crippen molar-refractivity contribution in [3.8, 4) is 10.6 Å². The molecule has 2 N–H and O–H groups in total. The van der Waals surface area contributed by atoms with Gasteiger partial charge in [-0.1, -0.05) is 41.7 Å². The van der Waals surface area contributed by atoms with Gasteiger partial charge in [0.25, 0.3) is 0 Å². The highest BCUT2D eigenvalue weighted by molar-refractivity contribution is 7.18. The molecule has 0 aliphatic heterocycles. The lowest BCUT2D eigenvalue weighted by Crippen LogP contribution is -2.05. The van der Waals surface area contributed by atoms with E-state index in [1.165, 1.54) is 16.9 Å². The number of nitrogens with one attached hydrogen (secondary N) is 1. The highest BCUT2D eigenvalue weighted by atomic mass is 32.1. The fourth-order valence-electron chi connectivity index (χ4n) is 2.92. The Labute approximate surface area is 164 Å². The Hall–Kier alpha value is -3.10. The van der Waals surface area contributed by atoms with E-state index in [0.717, 1.165) is 6.42 Å². The number of anilines is 1. The van der Waals surface area contributed by atoms with Crippen LogP contribution in [0.5, 0.6) is 0 Å². The minimum atomic E-state index is -0.500. The van der Waals surface area contributed by atoms with Gasteiger partial charge in [0.1, 0.15) is 0 Å². The van der Waals surface area contributed by atoms with E-state index in [4.69, 9.17) is 4.42 Å². The highest BCUT2D eigenvalue weighted by Gasteiger charge is 2.16. The second-order valence-corrected chi connectivity index (χ2v) is 7.27. The summed E-state index contributed by atoms with van der Waals surface area (Å²) in [6.45, 7) is 2.27. The van der Waals surface area contributed by atoms with Gasteiger partial charge >= 0.3 is 5.63 Å². The molecule has 8 heteroatoms. The number of aryl methyl sites for hydroxylation is 1. The van der Waals surface area contributed by atoms with Crippen LogP contribution in [-0.4, -0.2) is 26.8 Å². The second-order valence-electron chi connectivity index (χ2n) is 6.29. The van der Waals surface area contributed by atoms with Crippen LogP contribution in [-0.2, 0) is 13.0 Å². The molecule has 28 heavy (non-hydrogen) atoms. The Morgan fingerprint density at radius 3 is 2.82 bits per heavy atom. The van der Waals surface area contributed by atoms with Crippen LogP contribution in [0.3, 0.4) is 0 Å². The molecule has 1 aromatic carbocycles.